The number of nitrogens with one attached hydrogen (secondary N) is 1. The van der Waals surface area contributed by atoms with Gasteiger partial charge in [0.25, 0.3) is 0 Å². The van der Waals surface area contributed by atoms with E-state index in [-0.39, 0.29) is 0 Å². The zero-order valence-electron chi connectivity index (χ0n) is 11.1. The van der Waals surface area contributed by atoms with E-state index in [1.807, 2.05) is 34.0 Å². The van der Waals surface area contributed by atoms with Crippen molar-refractivity contribution in [3.05, 3.63) is 44.3 Å². The average molecular weight is 308 g/mol. The molecule has 100 valence electrons. The van der Waals surface area contributed by atoms with E-state index in [1.165, 1.54) is 31.1 Å². The SMILES string of the molecule is CCCNC(c1cc2sccc2s1)c1ccsc1C. The van der Waals surface area contributed by atoms with Crippen molar-refractivity contribution in [2.45, 2.75) is 26.3 Å². The molecule has 19 heavy (non-hydrogen) atoms. The highest BCUT2D eigenvalue weighted by Crippen LogP contribution is 2.37. The molecule has 0 radical (unpaired) electrons. The minimum absolute atomic E-state index is 0.357. The molecule has 0 aliphatic carbocycles. The van der Waals surface area contributed by atoms with Gasteiger partial charge in [0, 0.05) is 19.2 Å². The minimum atomic E-state index is 0.357. The zero-order chi connectivity index (χ0) is 13.2. The number of fused-ring (bicyclic) bond motifs is 1. The van der Waals surface area contributed by atoms with Crippen molar-refractivity contribution in [2.24, 2.45) is 0 Å². The Morgan fingerprint density at radius 1 is 1.16 bits per heavy atom. The second kappa shape index (κ2) is 5.75. The van der Waals surface area contributed by atoms with Crippen molar-refractivity contribution in [3.8, 4) is 0 Å². The zero-order valence-corrected chi connectivity index (χ0v) is 13.6. The highest BCUT2D eigenvalue weighted by atomic mass is 32.1. The lowest BCUT2D eigenvalue weighted by Crippen LogP contribution is -2.22. The van der Waals surface area contributed by atoms with Gasteiger partial charge in [-0.1, -0.05) is 6.92 Å². The van der Waals surface area contributed by atoms with E-state index in [0.717, 1.165) is 6.54 Å². The van der Waals surface area contributed by atoms with Crippen molar-refractivity contribution in [1.82, 2.24) is 5.32 Å². The first-order chi connectivity index (χ1) is 9.29. The van der Waals surface area contributed by atoms with Crippen LogP contribution in [0.3, 0.4) is 0 Å². The summed E-state index contributed by atoms with van der Waals surface area (Å²) in [5.41, 5.74) is 1.44. The summed E-state index contributed by atoms with van der Waals surface area (Å²) in [6.07, 6.45) is 1.17. The third-order valence-corrected chi connectivity index (χ3v) is 6.27. The van der Waals surface area contributed by atoms with E-state index in [1.54, 1.807) is 0 Å². The van der Waals surface area contributed by atoms with Crippen LogP contribution in [-0.4, -0.2) is 6.54 Å². The summed E-state index contributed by atoms with van der Waals surface area (Å²) < 4.78 is 2.83. The van der Waals surface area contributed by atoms with Crippen molar-refractivity contribution in [2.75, 3.05) is 6.54 Å². The lowest BCUT2D eigenvalue weighted by molar-refractivity contribution is 0.605. The second-order valence-corrected chi connectivity index (χ2v) is 7.80. The van der Waals surface area contributed by atoms with Crippen LogP contribution in [0, 0.1) is 6.92 Å². The van der Waals surface area contributed by atoms with Crippen LogP contribution in [0.4, 0.5) is 0 Å². The van der Waals surface area contributed by atoms with Gasteiger partial charge in [0.2, 0.25) is 0 Å². The van der Waals surface area contributed by atoms with Crippen molar-refractivity contribution >= 4 is 43.4 Å². The van der Waals surface area contributed by atoms with E-state index in [0.29, 0.717) is 6.04 Å². The van der Waals surface area contributed by atoms with Gasteiger partial charge in [0.15, 0.2) is 0 Å². The van der Waals surface area contributed by atoms with Crippen LogP contribution in [0.1, 0.15) is 34.7 Å². The Hall–Kier alpha value is -0.680. The van der Waals surface area contributed by atoms with Gasteiger partial charge in [0.1, 0.15) is 0 Å². The van der Waals surface area contributed by atoms with Crippen LogP contribution in [0.25, 0.3) is 9.40 Å². The van der Waals surface area contributed by atoms with Crippen LogP contribution < -0.4 is 5.32 Å². The third-order valence-electron chi connectivity index (χ3n) is 3.25. The Morgan fingerprint density at radius 2 is 2.00 bits per heavy atom. The molecule has 0 bridgehead atoms. The number of rotatable bonds is 5. The Labute approximate surface area is 125 Å². The third kappa shape index (κ3) is 2.63. The molecule has 3 aromatic heterocycles. The lowest BCUT2D eigenvalue weighted by atomic mass is 10.1. The second-order valence-electron chi connectivity index (χ2n) is 4.62. The maximum absolute atomic E-state index is 3.70. The van der Waals surface area contributed by atoms with Crippen LogP contribution in [0.5, 0.6) is 0 Å². The fourth-order valence-corrected chi connectivity index (χ4v) is 5.23. The Balaban J connectivity index is 1.98. The first-order valence-electron chi connectivity index (χ1n) is 6.54. The standard InChI is InChI=1S/C15H17NS3/c1-3-6-16-15(11-4-7-17-10(11)2)14-9-13-12(19-14)5-8-18-13/h4-5,7-9,15-16H,3,6H2,1-2H3. The smallest absolute Gasteiger partial charge is 0.0682 e. The van der Waals surface area contributed by atoms with Gasteiger partial charge < -0.3 is 5.32 Å². The number of hydrogen-bond donors (Lipinski definition) is 1. The molecule has 0 saturated carbocycles. The molecule has 1 atom stereocenters. The molecule has 3 aromatic rings. The summed E-state index contributed by atoms with van der Waals surface area (Å²) in [6, 6.07) is 7.21. The molecule has 0 aliphatic rings. The van der Waals surface area contributed by atoms with E-state index >= 15 is 0 Å². The van der Waals surface area contributed by atoms with Gasteiger partial charge in [0.05, 0.1) is 6.04 Å². The lowest BCUT2D eigenvalue weighted by Gasteiger charge is -2.17. The molecule has 1 unspecified atom stereocenters. The minimum Gasteiger partial charge on any atom is -0.306 e. The molecular formula is C15H17NS3. The van der Waals surface area contributed by atoms with Crippen LogP contribution >= 0.6 is 34.0 Å². The molecule has 0 fully saturated rings. The van der Waals surface area contributed by atoms with E-state index in [4.69, 9.17) is 0 Å². The predicted octanol–water partition coefficient (Wildman–Crippen LogP) is 5.42. The average Bonchev–Trinajstić information content (AvgIpc) is 3.06. The van der Waals surface area contributed by atoms with E-state index < -0.39 is 0 Å². The van der Waals surface area contributed by atoms with Gasteiger partial charge in [-0.2, -0.15) is 0 Å². The quantitative estimate of drug-likeness (QED) is 0.663. The molecule has 1 N–H and O–H groups in total. The predicted molar refractivity (Wildman–Crippen MR) is 88.9 cm³/mol. The normalized spacial score (nSPS) is 13.2. The summed E-state index contributed by atoms with van der Waals surface area (Å²) in [5.74, 6) is 0. The van der Waals surface area contributed by atoms with Gasteiger partial charge in [-0.25, -0.2) is 0 Å². The van der Waals surface area contributed by atoms with Gasteiger partial charge in [-0.05, 0) is 54.4 Å². The Kier molecular flexibility index (Phi) is 4.03. The highest BCUT2D eigenvalue weighted by Gasteiger charge is 2.19. The highest BCUT2D eigenvalue weighted by molar-refractivity contribution is 7.27. The maximum atomic E-state index is 3.70. The molecule has 0 aliphatic heterocycles. The monoisotopic (exact) mass is 307 g/mol. The molecule has 3 rings (SSSR count). The summed E-state index contributed by atoms with van der Waals surface area (Å²) in [7, 11) is 0. The summed E-state index contributed by atoms with van der Waals surface area (Å²) in [6.45, 7) is 5.50. The van der Waals surface area contributed by atoms with E-state index in [2.05, 4.69) is 48.1 Å². The topological polar surface area (TPSA) is 12.0 Å². The summed E-state index contributed by atoms with van der Waals surface area (Å²) >= 11 is 5.60. The van der Waals surface area contributed by atoms with Crippen LogP contribution in [0.15, 0.2) is 29.0 Å². The van der Waals surface area contributed by atoms with Crippen LogP contribution in [-0.2, 0) is 0 Å². The Morgan fingerprint density at radius 3 is 2.68 bits per heavy atom. The van der Waals surface area contributed by atoms with Gasteiger partial charge >= 0.3 is 0 Å². The first kappa shape index (κ1) is 13.3. The molecule has 3 heterocycles. The fourth-order valence-electron chi connectivity index (χ4n) is 2.27. The number of hydrogen-bond acceptors (Lipinski definition) is 4. The fraction of sp³-hybridized carbons (Fsp3) is 0.333. The van der Waals surface area contributed by atoms with Gasteiger partial charge in [-0.3, -0.25) is 0 Å². The summed E-state index contributed by atoms with van der Waals surface area (Å²) in [4.78, 5) is 2.86. The molecular weight excluding hydrogens is 290 g/mol. The number of aryl methyl sites for hydroxylation is 1. The Bertz CT molecular complexity index is 633. The first-order valence-corrected chi connectivity index (χ1v) is 9.11. The molecule has 1 nitrogen and oxygen atoms in total. The summed E-state index contributed by atoms with van der Waals surface area (Å²) in [5, 5.41) is 8.07. The van der Waals surface area contributed by atoms with Crippen molar-refractivity contribution in [1.29, 1.82) is 0 Å². The molecule has 0 spiro atoms. The molecule has 0 aromatic carbocycles. The maximum Gasteiger partial charge on any atom is 0.0682 e. The van der Waals surface area contributed by atoms with Crippen molar-refractivity contribution < 1.29 is 0 Å². The number of thiophene rings is 3. The molecule has 0 amide bonds. The van der Waals surface area contributed by atoms with Gasteiger partial charge in [-0.15, -0.1) is 34.0 Å². The molecule has 0 saturated heterocycles. The largest absolute Gasteiger partial charge is 0.306 e. The molecule has 4 heteroatoms. The van der Waals surface area contributed by atoms with E-state index in [9.17, 15) is 0 Å². The van der Waals surface area contributed by atoms with Crippen LogP contribution in [0.2, 0.25) is 0 Å². The van der Waals surface area contributed by atoms with Crippen molar-refractivity contribution in [3.63, 3.8) is 0 Å².